The molecule has 0 fully saturated rings. The van der Waals surface area contributed by atoms with E-state index in [-0.39, 0.29) is 12.1 Å². The summed E-state index contributed by atoms with van der Waals surface area (Å²) in [7, 11) is 0. The zero-order chi connectivity index (χ0) is 15.4. The molecule has 21 heavy (non-hydrogen) atoms. The molecule has 0 spiro atoms. The Kier molecular flexibility index (Phi) is 4.13. The molecular formula is C14H13N3O4. The maximum absolute atomic E-state index is 12.0. The number of hydrogen-bond acceptors (Lipinski definition) is 5. The van der Waals surface area contributed by atoms with Crippen molar-refractivity contribution in [1.29, 1.82) is 0 Å². The molecule has 2 aromatic rings. The minimum absolute atomic E-state index is 0.134. The number of nitro groups is 1. The Morgan fingerprint density at radius 2 is 2.19 bits per heavy atom. The molecule has 1 aromatic heterocycles. The highest BCUT2D eigenvalue weighted by Crippen LogP contribution is 2.29. The van der Waals surface area contributed by atoms with Gasteiger partial charge in [-0.3, -0.25) is 19.9 Å². The molecule has 7 heteroatoms. The zero-order valence-corrected chi connectivity index (χ0v) is 11.2. The van der Waals surface area contributed by atoms with Gasteiger partial charge in [0.2, 0.25) is 5.75 Å². The maximum atomic E-state index is 12.0. The molecule has 0 aliphatic heterocycles. The van der Waals surface area contributed by atoms with Gasteiger partial charge >= 0.3 is 5.69 Å². The highest BCUT2D eigenvalue weighted by atomic mass is 16.6. The Morgan fingerprint density at radius 1 is 1.43 bits per heavy atom. The fraction of sp³-hybridized carbons (Fsp3) is 0.143. The molecule has 0 unspecified atom stereocenters. The van der Waals surface area contributed by atoms with E-state index in [2.05, 4.69) is 10.3 Å². The predicted molar refractivity (Wildman–Crippen MR) is 74.9 cm³/mol. The number of pyridine rings is 1. The summed E-state index contributed by atoms with van der Waals surface area (Å²) in [6.45, 7) is 2.11. The number of nitrogens with zero attached hydrogens (tertiary/aromatic N) is 2. The predicted octanol–water partition coefficient (Wildman–Crippen LogP) is 1.93. The lowest BCUT2D eigenvalue weighted by Gasteiger charge is -2.08. The molecule has 0 atom stereocenters. The molecule has 1 aromatic carbocycles. The number of aromatic hydroxyl groups is 1. The van der Waals surface area contributed by atoms with E-state index in [4.69, 9.17) is 0 Å². The summed E-state index contributed by atoms with van der Waals surface area (Å²) in [5.41, 5.74) is 1.16. The van der Waals surface area contributed by atoms with Crippen molar-refractivity contribution in [3.8, 4) is 5.75 Å². The van der Waals surface area contributed by atoms with E-state index in [1.807, 2.05) is 13.0 Å². The van der Waals surface area contributed by atoms with Crippen molar-refractivity contribution < 1.29 is 14.8 Å². The zero-order valence-electron chi connectivity index (χ0n) is 11.2. The lowest BCUT2D eigenvalue weighted by atomic mass is 10.1. The summed E-state index contributed by atoms with van der Waals surface area (Å²) in [6.07, 6.45) is 3.27. The number of nitrogens with one attached hydrogen (secondary N) is 1. The van der Waals surface area contributed by atoms with Gasteiger partial charge in [-0.25, -0.2) is 0 Å². The smallest absolute Gasteiger partial charge is 0.311 e. The monoisotopic (exact) mass is 287 g/mol. The maximum Gasteiger partial charge on any atom is 0.311 e. The molecule has 2 rings (SSSR count). The molecule has 0 bridgehead atoms. The largest absolute Gasteiger partial charge is 0.502 e. The van der Waals surface area contributed by atoms with Gasteiger partial charge in [0, 0.05) is 25.0 Å². The van der Waals surface area contributed by atoms with Crippen LogP contribution in [0.1, 0.15) is 21.5 Å². The fourth-order valence-corrected chi connectivity index (χ4v) is 1.81. The number of aromatic nitrogens is 1. The van der Waals surface area contributed by atoms with Crippen LogP contribution in [0.4, 0.5) is 5.69 Å². The Morgan fingerprint density at radius 3 is 2.86 bits per heavy atom. The molecule has 0 radical (unpaired) electrons. The van der Waals surface area contributed by atoms with Gasteiger partial charge in [0.15, 0.2) is 0 Å². The third-order valence-electron chi connectivity index (χ3n) is 3.04. The second-order valence-electron chi connectivity index (χ2n) is 4.42. The number of para-hydroxylation sites is 1. The van der Waals surface area contributed by atoms with Crippen LogP contribution in [0.3, 0.4) is 0 Å². The van der Waals surface area contributed by atoms with E-state index >= 15 is 0 Å². The number of aryl methyl sites for hydroxylation is 1. The second-order valence-corrected chi connectivity index (χ2v) is 4.42. The molecule has 2 N–H and O–H groups in total. The summed E-state index contributed by atoms with van der Waals surface area (Å²) in [5.74, 6) is -1.22. The van der Waals surface area contributed by atoms with E-state index in [9.17, 15) is 20.0 Å². The number of nitro benzene ring substituents is 1. The van der Waals surface area contributed by atoms with E-state index in [0.29, 0.717) is 0 Å². The summed E-state index contributed by atoms with van der Waals surface area (Å²) < 4.78 is 0. The first-order valence-corrected chi connectivity index (χ1v) is 6.14. The lowest BCUT2D eigenvalue weighted by Crippen LogP contribution is -2.23. The van der Waals surface area contributed by atoms with Crippen molar-refractivity contribution in [1.82, 2.24) is 10.3 Å². The Bertz CT molecular complexity index is 700. The second kappa shape index (κ2) is 6.00. The SMILES string of the molecule is Cc1ccncc1CNC(=O)c1cccc([N+](=O)[O-])c1O. The minimum atomic E-state index is -0.739. The van der Waals surface area contributed by atoms with Crippen LogP contribution >= 0.6 is 0 Å². The first-order valence-electron chi connectivity index (χ1n) is 6.14. The van der Waals surface area contributed by atoms with Gasteiger partial charge in [0.25, 0.3) is 5.91 Å². The summed E-state index contributed by atoms with van der Waals surface area (Å²) in [6, 6.07) is 5.62. The van der Waals surface area contributed by atoms with Crippen LogP contribution < -0.4 is 5.32 Å². The number of phenols is 1. The molecule has 0 aliphatic rings. The standard InChI is InChI=1S/C14H13N3O4/c1-9-5-6-15-7-10(9)8-16-14(19)11-3-2-4-12(13(11)18)17(20)21/h2-7,18H,8H2,1H3,(H,16,19). The Balaban J connectivity index is 2.16. The third-order valence-corrected chi connectivity index (χ3v) is 3.04. The van der Waals surface area contributed by atoms with Crippen LogP contribution in [-0.4, -0.2) is 20.9 Å². The van der Waals surface area contributed by atoms with Crippen molar-refractivity contribution in [2.75, 3.05) is 0 Å². The number of amides is 1. The van der Waals surface area contributed by atoms with Crippen molar-refractivity contribution in [3.63, 3.8) is 0 Å². The summed E-state index contributed by atoms with van der Waals surface area (Å²) in [5, 5.41) is 23.1. The Labute approximate surface area is 120 Å². The van der Waals surface area contributed by atoms with E-state index in [1.165, 1.54) is 12.1 Å². The molecule has 0 aliphatic carbocycles. The lowest BCUT2D eigenvalue weighted by molar-refractivity contribution is -0.385. The normalized spacial score (nSPS) is 10.1. The quantitative estimate of drug-likeness (QED) is 0.660. The van der Waals surface area contributed by atoms with Crippen molar-refractivity contribution in [2.45, 2.75) is 13.5 Å². The van der Waals surface area contributed by atoms with Crippen LogP contribution in [0.5, 0.6) is 5.75 Å². The highest BCUT2D eigenvalue weighted by Gasteiger charge is 2.20. The number of carbonyl (C=O) groups is 1. The molecule has 0 saturated carbocycles. The number of carbonyl (C=O) groups excluding carboxylic acids is 1. The molecule has 1 heterocycles. The van der Waals surface area contributed by atoms with Gasteiger partial charge in [-0.05, 0) is 30.2 Å². The van der Waals surface area contributed by atoms with Gasteiger partial charge in [-0.2, -0.15) is 0 Å². The first-order chi connectivity index (χ1) is 10.0. The number of benzene rings is 1. The average molecular weight is 287 g/mol. The van der Waals surface area contributed by atoms with Gasteiger partial charge in [0.1, 0.15) is 0 Å². The molecule has 1 amide bonds. The number of rotatable bonds is 4. The van der Waals surface area contributed by atoms with Crippen LogP contribution in [0.2, 0.25) is 0 Å². The minimum Gasteiger partial charge on any atom is -0.502 e. The van der Waals surface area contributed by atoms with Crippen molar-refractivity contribution in [2.24, 2.45) is 0 Å². The van der Waals surface area contributed by atoms with Crippen molar-refractivity contribution >= 4 is 11.6 Å². The van der Waals surface area contributed by atoms with Gasteiger partial charge in [-0.15, -0.1) is 0 Å². The van der Waals surface area contributed by atoms with E-state index in [0.717, 1.165) is 17.2 Å². The fourth-order valence-electron chi connectivity index (χ4n) is 1.81. The van der Waals surface area contributed by atoms with Crippen LogP contribution in [0.25, 0.3) is 0 Å². The topological polar surface area (TPSA) is 105 Å². The van der Waals surface area contributed by atoms with Crippen LogP contribution in [0.15, 0.2) is 36.7 Å². The van der Waals surface area contributed by atoms with Gasteiger partial charge in [0.05, 0.1) is 10.5 Å². The molecular weight excluding hydrogens is 274 g/mol. The van der Waals surface area contributed by atoms with Crippen molar-refractivity contribution in [3.05, 3.63) is 63.5 Å². The van der Waals surface area contributed by atoms with E-state index in [1.54, 1.807) is 12.4 Å². The van der Waals surface area contributed by atoms with Crippen LogP contribution in [0, 0.1) is 17.0 Å². The average Bonchev–Trinajstić information content (AvgIpc) is 2.46. The molecule has 7 nitrogen and oxygen atoms in total. The number of phenolic OH excluding ortho intramolecular Hbond substituents is 1. The molecule has 108 valence electrons. The first kappa shape index (κ1) is 14.4. The Hall–Kier alpha value is -2.96. The highest BCUT2D eigenvalue weighted by molar-refractivity contribution is 5.98. The molecule has 0 saturated heterocycles. The van der Waals surface area contributed by atoms with Gasteiger partial charge < -0.3 is 10.4 Å². The van der Waals surface area contributed by atoms with E-state index < -0.39 is 22.3 Å². The van der Waals surface area contributed by atoms with Gasteiger partial charge in [-0.1, -0.05) is 6.07 Å². The third kappa shape index (κ3) is 3.14. The number of hydrogen-bond donors (Lipinski definition) is 2. The summed E-state index contributed by atoms with van der Waals surface area (Å²) >= 11 is 0. The van der Waals surface area contributed by atoms with Crippen LogP contribution in [-0.2, 0) is 6.54 Å². The summed E-state index contributed by atoms with van der Waals surface area (Å²) in [4.78, 5) is 26.0.